The van der Waals surface area contributed by atoms with Crippen molar-refractivity contribution in [1.82, 2.24) is 0 Å². The molecule has 318 valence electrons. The normalized spacial score (nSPS) is 57.7. The molecule has 0 aromatic carbocycles. The fraction of sp³-hybridized carbons (Fsp3) is 1.00. The molecule has 7 fully saturated rings. The van der Waals surface area contributed by atoms with Crippen molar-refractivity contribution in [3.05, 3.63) is 0 Å². The molecule has 4 saturated carbocycles. The number of aliphatic hydroxyl groups excluding tert-OH is 9. The van der Waals surface area contributed by atoms with Crippen LogP contribution in [0.4, 0.5) is 0 Å². The Morgan fingerprint density at radius 2 is 1.33 bits per heavy atom. The molecule has 0 aromatic rings. The lowest BCUT2D eigenvalue weighted by atomic mass is 9.35. The molecule has 3 heterocycles. The van der Waals surface area contributed by atoms with Crippen molar-refractivity contribution in [2.45, 2.75) is 198 Å². The fourth-order valence-electron chi connectivity index (χ4n) is 14.1. The Morgan fingerprint density at radius 3 is 1.98 bits per heavy atom. The largest absolute Gasteiger partial charge is 0.394 e. The zero-order valence-corrected chi connectivity index (χ0v) is 34.0. The van der Waals surface area contributed by atoms with Gasteiger partial charge in [-0.25, -0.2) is 0 Å². The molecule has 0 aromatic heterocycles. The van der Waals surface area contributed by atoms with Gasteiger partial charge in [0.2, 0.25) is 0 Å². The highest BCUT2D eigenvalue weighted by Gasteiger charge is 2.72. The van der Waals surface area contributed by atoms with E-state index >= 15 is 0 Å². The average Bonchev–Trinajstić information content (AvgIpc) is 3.49. The van der Waals surface area contributed by atoms with Gasteiger partial charge in [-0.15, -0.1) is 0 Å². The van der Waals surface area contributed by atoms with Gasteiger partial charge in [-0.2, -0.15) is 0 Å². The van der Waals surface area contributed by atoms with E-state index in [0.29, 0.717) is 19.3 Å². The quantitative estimate of drug-likeness (QED) is 0.171. The highest BCUT2D eigenvalue weighted by Crippen LogP contribution is 2.76. The topological polar surface area (TPSA) is 228 Å². The SMILES string of the molecule is CC1(C)OC(C)(C2CCC3(C)C2C(O)CC2C4(C)CCC(OC5OC(CO)C(O)C(O)C5OC5OCC(O)C(O)C5O)C(C)(C)C4CCC23C)CC(O)C1O. The van der Waals surface area contributed by atoms with Gasteiger partial charge in [-0.1, -0.05) is 34.6 Å². The van der Waals surface area contributed by atoms with E-state index in [4.69, 9.17) is 23.7 Å². The molecule has 21 atom stereocenters. The molecule has 7 rings (SSSR count). The maximum atomic E-state index is 12.3. The summed E-state index contributed by atoms with van der Waals surface area (Å²) in [5.74, 6) is 0.392. The summed E-state index contributed by atoms with van der Waals surface area (Å²) in [7, 11) is 0. The monoisotopic (exact) mass is 786 g/mol. The summed E-state index contributed by atoms with van der Waals surface area (Å²) in [5, 5.41) is 97.0. The summed E-state index contributed by atoms with van der Waals surface area (Å²) in [6, 6.07) is 0. The Labute approximate surface area is 325 Å². The van der Waals surface area contributed by atoms with Crippen LogP contribution in [0, 0.1) is 45.3 Å². The third-order valence-electron chi connectivity index (χ3n) is 17.2. The van der Waals surface area contributed by atoms with E-state index in [2.05, 4.69) is 41.5 Å². The van der Waals surface area contributed by atoms with Crippen molar-refractivity contribution < 1.29 is 69.6 Å². The lowest BCUT2D eigenvalue weighted by Gasteiger charge is -2.71. The molecule has 4 aliphatic carbocycles. The zero-order chi connectivity index (χ0) is 40.4. The van der Waals surface area contributed by atoms with Crippen molar-refractivity contribution in [2.75, 3.05) is 13.2 Å². The standard InChI is InChI=1S/C41H70O14/c1-36(2)24-10-14-39(6)25(15-20(43)27-19(9-13-40(27,39)7)41(8)16-21(44)33(50)37(3,4)55-41)38(24,5)12-11-26(36)53-35-32(30(48)29(47)23(17-42)52-35)54-34-31(49)28(46)22(45)18-51-34/h19-35,42-50H,9-18H2,1-8H3. The number of rotatable bonds is 6. The first-order valence-electron chi connectivity index (χ1n) is 20.8. The first-order valence-corrected chi connectivity index (χ1v) is 20.8. The molecule has 3 aliphatic heterocycles. The zero-order valence-electron chi connectivity index (χ0n) is 34.0. The lowest BCUT2D eigenvalue weighted by molar-refractivity contribution is -0.370. The van der Waals surface area contributed by atoms with E-state index in [1.54, 1.807) is 0 Å². The van der Waals surface area contributed by atoms with Gasteiger partial charge in [-0.3, -0.25) is 0 Å². The molecule has 3 saturated heterocycles. The van der Waals surface area contributed by atoms with Crippen LogP contribution in [0.5, 0.6) is 0 Å². The number of fused-ring (bicyclic) bond motifs is 5. The van der Waals surface area contributed by atoms with Gasteiger partial charge in [0.05, 0.1) is 42.7 Å². The average molecular weight is 787 g/mol. The van der Waals surface area contributed by atoms with E-state index < -0.39 is 103 Å². The smallest absolute Gasteiger partial charge is 0.187 e. The van der Waals surface area contributed by atoms with E-state index in [1.807, 2.05) is 13.8 Å². The number of aliphatic hydroxyl groups is 9. The maximum absolute atomic E-state index is 12.3. The van der Waals surface area contributed by atoms with Gasteiger partial charge in [0, 0.05) is 6.42 Å². The molecule has 14 nitrogen and oxygen atoms in total. The molecule has 0 amide bonds. The van der Waals surface area contributed by atoms with Crippen LogP contribution in [-0.4, -0.2) is 150 Å². The minimum Gasteiger partial charge on any atom is -0.394 e. The van der Waals surface area contributed by atoms with Gasteiger partial charge in [0.15, 0.2) is 12.6 Å². The number of ether oxygens (including phenoxy) is 5. The van der Waals surface area contributed by atoms with Crippen LogP contribution in [0.3, 0.4) is 0 Å². The third kappa shape index (κ3) is 6.42. The predicted octanol–water partition coefficient (Wildman–Crippen LogP) is 0.970. The Kier molecular flexibility index (Phi) is 11.1. The van der Waals surface area contributed by atoms with Crippen molar-refractivity contribution in [3.63, 3.8) is 0 Å². The molecule has 0 spiro atoms. The first-order chi connectivity index (χ1) is 25.5. The van der Waals surface area contributed by atoms with Gasteiger partial charge < -0.3 is 69.6 Å². The van der Waals surface area contributed by atoms with Crippen LogP contribution in [0.25, 0.3) is 0 Å². The van der Waals surface area contributed by atoms with Crippen molar-refractivity contribution in [3.8, 4) is 0 Å². The van der Waals surface area contributed by atoms with E-state index in [1.165, 1.54) is 0 Å². The molecule has 21 unspecified atom stereocenters. The van der Waals surface area contributed by atoms with Crippen molar-refractivity contribution in [1.29, 1.82) is 0 Å². The van der Waals surface area contributed by atoms with Gasteiger partial charge >= 0.3 is 0 Å². The highest BCUT2D eigenvalue weighted by molar-refractivity contribution is 5.21. The molecule has 0 radical (unpaired) electrons. The predicted molar refractivity (Wildman–Crippen MR) is 196 cm³/mol. The van der Waals surface area contributed by atoms with Crippen LogP contribution in [0.1, 0.15) is 107 Å². The van der Waals surface area contributed by atoms with Crippen molar-refractivity contribution in [2.24, 2.45) is 45.3 Å². The number of hydrogen-bond acceptors (Lipinski definition) is 14. The molecular formula is C41H70O14. The lowest BCUT2D eigenvalue weighted by Crippen LogP contribution is -2.68. The second-order valence-corrected chi connectivity index (χ2v) is 20.7. The van der Waals surface area contributed by atoms with Gasteiger partial charge in [0.25, 0.3) is 0 Å². The third-order valence-corrected chi connectivity index (χ3v) is 17.2. The molecule has 14 heteroatoms. The second-order valence-electron chi connectivity index (χ2n) is 20.7. The minimum atomic E-state index is -1.64. The molecule has 55 heavy (non-hydrogen) atoms. The van der Waals surface area contributed by atoms with Crippen LogP contribution >= 0.6 is 0 Å². The van der Waals surface area contributed by atoms with Crippen molar-refractivity contribution >= 4 is 0 Å². The van der Waals surface area contributed by atoms with Crippen LogP contribution in [0.15, 0.2) is 0 Å². The van der Waals surface area contributed by atoms with E-state index in [-0.39, 0.29) is 46.5 Å². The number of hydrogen-bond donors (Lipinski definition) is 9. The van der Waals surface area contributed by atoms with Crippen LogP contribution in [-0.2, 0) is 23.7 Å². The highest BCUT2D eigenvalue weighted by atomic mass is 16.8. The molecule has 0 bridgehead atoms. The molecule has 7 aliphatic rings. The van der Waals surface area contributed by atoms with Crippen LogP contribution < -0.4 is 0 Å². The Morgan fingerprint density at radius 1 is 0.655 bits per heavy atom. The fourth-order valence-corrected chi connectivity index (χ4v) is 14.1. The summed E-state index contributed by atoms with van der Waals surface area (Å²) in [4.78, 5) is 0. The Balaban J connectivity index is 1.12. The summed E-state index contributed by atoms with van der Waals surface area (Å²) >= 11 is 0. The Hall–Kier alpha value is -0.560. The minimum absolute atomic E-state index is 0.0218. The summed E-state index contributed by atoms with van der Waals surface area (Å²) < 4.78 is 30.9. The first kappa shape index (κ1) is 42.6. The molecular weight excluding hydrogens is 716 g/mol. The van der Waals surface area contributed by atoms with Gasteiger partial charge in [0.1, 0.15) is 48.8 Å². The van der Waals surface area contributed by atoms with Gasteiger partial charge in [-0.05, 0) is 111 Å². The summed E-state index contributed by atoms with van der Waals surface area (Å²) in [6.07, 6.45) is -9.59. The molecule has 9 N–H and O–H groups in total. The van der Waals surface area contributed by atoms with E-state index in [0.717, 1.165) is 32.1 Å². The van der Waals surface area contributed by atoms with E-state index in [9.17, 15) is 46.0 Å². The summed E-state index contributed by atoms with van der Waals surface area (Å²) in [6.45, 7) is 16.4. The maximum Gasteiger partial charge on any atom is 0.187 e. The Bertz CT molecular complexity index is 1400. The summed E-state index contributed by atoms with van der Waals surface area (Å²) in [5.41, 5.74) is -2.46. The second kappa shape index (κ2) is 14.3. The van der Waals surface area contributed by atoms with Crippen LogP contribution in [0.2, 0.25) is 0 Å².